The van der Waals surface area contributed by atoms with Crippen molar-refractivity contribution in [2.24, 2.45) is 10.7 Å². The third kappa shape index (κ3) is 1.57. The van der Waals surface area contributed by atoms with E-state index in [-0.39, 0.29) is 5.96 Å². The van der Waals surface area contributed by atoms with Gasteiger partial charge in [0.2, 0.25) is 5.96 Å². The number of hydrogen-bond donors (Lipinski definition) is 3. The molecule has 4 N–H and O–H groups in total. The minimum atomic E-state index is 0.125. The zero-order chi connectivity index (χ0) is 6.69. The van der Waals surface area contributed by atoms with Gasteiger partial charge in [0.15, 0.2) is 0 Å². The molecule has 1 rings (SSSR count). The Bertz CT molecular complexity index is 119. The van der Waals surface area contributed by atoms with Gasteiger partial charge in [-0.3, -0.25) is 5.21 Å². The van der Waals surface area contributed by atoms with Crippen molar-refractivity contribution in [2.45, 2.75) is 25.3 Å². The molecule has 1 aliphatic rings. The molecule has 9 heavy (non-hydrogen) atoms. The molecular formula is C5H11N3O. The Morgan fingerprint density at radius 2 is 2.33 bits per heavy atom. The van der Waals surface area contributed by atoms with Crippen LogP contribution in [0.1, 0.15) is 19.3 Å². The molecule has 0 aromatic rings. The summed E-state index contributed by atoms with van der Waals surface area (Å²) in [5.41, 5.74) is 6.96. The van der Waals surface area contributed by atoms with Gasteiger partial charge in [0.25, 0.3) is 0 Å². The summed E-state index contributed by atoms with van der Waals surface area (Å²) in [6.07, 6.45) is 3.43. The lowest BCUT2D eigenvalue weighted by atomic mass is 9.94. The highest BCUT2D eigenvalue weighted by molar-refractivity contribution is 5.76. The molecule has 0 radical (unpaired) electrons. The van der Waals surface area contributed by atoms with E-state index in [2.05, 4.69) is 4.99 Å². The van der Waals surface area contributed by atoms with Crippen molar-refractivity contribution in [3.8, 4) is 0 Å². The maximum atomic E-state index is 8.20. The zero-order valence-corrected chi connectivity index (χ0v) is 5.17. The molecule has 0 unspecified atom stereocenters. The first kappa shape index (κ1) is 6.35. The number of rotatable bonds is 1. The van der Waals surface area contributed by atoms with E-state index in [4.69, 9.17) is 10.9 Å². The van der Waals surface area contributed by atoms with Crippen LogP contribution in [0, 0.1) is 0 Å². The zero-order valence-electron chi connectivity index (χ0n) is 5.17. The van der Waals surface area contributed by atoms with Crippen molar-refractivity contribution in [3.05, 3.63) is 0 Å². The van der Waals surface area contributed by atoms with Crippen molar-refractivity contribution >= 4 is 5.96 Å². The summed E-state index contributed by atoms with van der Waals surface area (Å²) >= 11 is 0. The number of aliphatic imine (C=N–C) groups is 1. The van der Waals surface area contributed by atoms with Gasteiger partial charge in [-0.25, -0.2) is 10.5 Å². The number of guanidine groups is 1. The second-order valence-corrected chi connectivity index (χ2v) is 2.21. The highest BCUT2D eigenvalue weighted by Crippen LogP contribution is 2.21. The first-order valence-electron chi connectivity index (χ1n) is 3.06. The van der Waals surface area contributed by atoms with Crippen molar-refractivity contribution in [1.29, 1.82) is 0 Å². The Kier molecular flexibility index (Phi) is 1.89. The highest BCUT2D eigenvalue weighted by atomic mass is 16.5. The first-order chi connectivity index (χ1) is 4.33. The fraction of sp³-hybridized carbons (Fsp3) is 0.800. The molecule has 0 aromatic heterocycles. The summed E-state index contributed by atoms with van der Waals surface area (Å²) in [5, 5.41) is 8.20. The molecule has 1 saturated carbocycles. The topological polar surface area (TPSA) is 70.6 Å². The molecule has 0 bridgehead atoms. The second-order valence-electron chi connectivity index (χ2n) is 2.21. The lowest BCUT2D eigenvalue weighted by molar-refractivity contribution is 0.231. The molecule has 52 valence electrons. The van der Waals surface area contributed by atoms with E-state index in [1.54, 1.807) is 5.48 Å². The number of hydrogen-bond acceptors (Lipinski definition) is 2. The van der Waals surface area contributed by atoms with Crippen LogP contribution in [0.2, 0.25) is 0 Å². The van der Waals surface area contributed by atoms with E-state index < -0.39 is 0 Å². The number of nitrogens with zero attached hydrogens (tertiary/aromatic N) is 1. The minimum absolute atomic E-state index is 0.125. The van der Waals surface area contributed by atoms with Crippen LogP contribution in [-0.2, 0) is 0 Å². The third-order valence-electron chi connectivity index (χ3n) is 1.51. The van der Waals surface area contributed by atoms with Crippen LogP contribution >= 0.6 is 0 Å². The molecule has 1 aliphatic carbocycles. The highest BCUT2D eigenvalue weighted by Gasteiger charge is 2.15. The molecule has 1 fully saturated rings. The molecule has 4 heteroatoms. The van der Waals surface area contributed by atoms with Gasteiger partial charge in [0.1, 0.15) is 0 Å². The molecule has 0 heterocycles. The summed E-state index contributed by atoms with van der Waals surface area (Å²) < 4.78 is 0. The average Bonchev–Trinajstić information content (AvgIpc) is 1.78. The molecule has 4 nitrogen and oxygen atoms in total. The van der Waals surface area contributed by atoms with E-state index in [0.717, 1.165) is 12.8 Å². The Hall–Kier alpha value is -0.770. The van der Waals surface area contributed by atoms with Crippen molar-refractivity contribution in [1.82, 2.24) is 5.48 Å². The van der Waals surface area contributed by atoms with Crippen LogP contribution in [0.3, 0.4) is 0 Å². The van der Waals surface area contributed by atoms with E-state index in [1.807, 2.05) is 0 Å². The molecule has 0 saturated heterocycles. The van der Waals surface area contributed by atoms with Gasteiger partial charge in [-0.1, -0.05) is 0 Å². The van der Waals surface area contributed by atoms with Crippen LogP contribution in [0.4, 0.5) is 0 Å². The summed E-state index contributed by atoms with van der Waals surface area (Å²) in [6, 6.07) is 0.352. The van der Waals surface area contributed by atoms with Gasteiger partial charge in [0.05, 0.1) is 6.04 Å². The van der Waals surface area contributed by atoms with Crippen LogP contribution in [0.25, 0.3) is 0 Å². The Morgan fingerprint density at radius 3 is 2.67 bits per heavy atom. The fourth-order valence-electron chi connectivity index (χ4n) is 0.741. The van der Waals surface area contributed by atoms with E-state index in [9.17, 15) is 0 Å². The summed E-state index contributed by atoms with van der Waals surface area (Å²) in [4.78, 5) is 3.93. The smallest absolute Gasteiger partial charge is 0.213 e. The number of nitrogens with one attached hydrogen (secondary N) is 1. The first-order valence-corrected chi connectivity index (χ1v) is 3.06. The number of hydroxylamine groups is 1. The van der Waals surface area contributed by atoms with Crippen molar-refractivity contribution in [3.63, 3.8) is 0 Å². The SMILES string of the molecule is NC(=NC1CCC1)NO. The lowest BCUT2D eigenvalue weighted by Crippen LogP contribution is -2.31. The quantitative estimate of drug-likeness (QED) is 0.261. The molecular weight excluding hydrogens is 118 g/mol. The molecule has 0 atom stereocenters. The number of nitrogens with two attached hydrogens (primary N) is 1. The van der Waals surface area contributed by atoms with Gasteiger partial charge >= 0.3 is 0 Å². The summed E-state index contributed by atoms with van der Waals surface area (Å²) in [5.74, 6) is 0.125. The van der Waals surface area contributed by atoms with Crippen molar-refractivity contribution < 1.29 is 5.21 Å². The molecule has 0 spiro atoms. The van der Waals surface area contributed by atoms with E-state index in [1.165, 1.54) is 6.42 Å². The van der Waals surface area contributed by atoms with Gasteiger partial charge in [0, 0.05) is 0 Å². The third-order valence-corrected chi connectivity index (χ3v) is 1.51. The second kappa shape index (κ2) is 2.68. The molecule has 0 aliphatic heterocycles. The Morgan fingerprint density at radius 1 is 1.67 bits per heavy atom. The predicted molar refractivity (Wildman–Crippen MR) is 34.2 cm³/mol. The van der Waals surface area contributed by atoms with Gasteiger partial charge in [-0.15, -0.1) is 0 Å². The van der Waals surface area contributed by atoms with Crippen LogP contribution < -0.4 is 11.2 Å². The molecule has 0 aromatic carbocycles. The average molecular weight is 129 g/mol. The summed E-state index contributed by atoms with van der Waals surface area (Å²) in [7, 11) is 0. The fourth-order valence-corrected chi connectivity index (χ4v) is 0.741. The Labute approximate surface area is 53.7 Å². The predicted octanol–water partition coefficient (Wildman–Crippen LogP) is -0.168. The maximum absolute atomic E-state index is 8.20. The monoisotopic (exact) mass is 129 g/mol. The van der Waals surface area contributed by atoms with Gasteiger partial charge in [-0.2, -0.15) is 0 Å². The van der Waals surface area contributed by atoms with Crippen LogP contribution in [-0.4, -0.2) is 17.2 Å². The normalized spacial score (nSPS) is 21.2. The van der Waals surface area contributed by atoms with E-state index in [0.29, 0.717) is 6.04 Å². The van der Waals surface area contributed by atoms with Gasteiger partial charge < -0.3 is 5.73 Å². The molecule has 0 amide bonds. The summed E-state index contributed by atoms with van der Waals surface area (Å²) in [6.45, 7) is 0. The van der Waals surface area contributed by atoms with E-state index >= 15 is 0 Å². The maximum Gasteiger partial charge on any atom is 0.213 e. The van der Waals surface area contributed by atoms with Crippen LogP contribution in [0.15, 0.2) is 4.99 Å². The van der Waals surface area contributed by atoms with Crippen LogP contribution in [0.5, 0.6) is 0 Å². The lowest BCUT2D eigenvalue weighted by Gasteiger charge is -2.20. The van der Waals surface area contributed by atoms with Gasteiger partial charge in [-0.05, 0) is 19.3 Å². The minimum Gasteiger partial charge on any atom is -0.368 e. The standard InChI is InChI=1S/C5H11N3O/c6-5(8-9)7-4-2-1-3-4/h4,9H,1-3H2,(H3,6,7,8). The van der Waals surface area contributed by atoms with Crippen molar-refractivity contribution in [2.75, 3.05) is 0 Å². The largest absolute Gasteiger partial charge is 0.368 e. The Balaban J connectivity index is 2.27.